The molecule has 0 aliphatic heterocycles. The van der Waals surface area contributed by atoms with Crippen LogP contribution in [0.3, 0.4) is 0 Å². The number of aliphatic hydroxyl groups excluding tert-OH is 1. The van der Waals surface area contributed by atoms with Crippen molar-refractivity contribution in [2.45, 2.75) is 62.3 Å². The van der Waals surface area contributed by atoms with E-state index in [9.17, 15) is 9.90 Å². The van der Waals surface area contributed by atoms with Gasteiger partial charge >= 0.3 is 0 Å². The average molecular weight is 663 g/mol. The zero-order chi connectivity index (χ0) is 35.4. The third-order valence-corrected chi connectivity index (χ3v) is 11.5. The third-order valence-electron chi connectivity index (χ3n) is 9.29. The Kier molecular flexibility index (Phi) is 9.27. The quantitative estimate of drug-likeness (QED) is 0.158. The van der Waals surface area contributed by atoms with Crippen molar-refractivity contribution >= 4 is 35.8 Å². The Morgan fingerprint density at radius 3 is 1.92 bits per heavy atom. The standard InChI is InChI=1S/C41H43O6P/c1-20-16-36(21(2)14-33(20)30(11)46-41-26(7)24(5)39(29(10)42)25(6)27(41)8)45-31(12)34-15-22(3)40-35(28(34)9)19-38(47-40)48-23(4)17-32(43)18-37(48)44-13/h14-19,42H,10-12H2,1-9,13H3. The molecular weight excluding hydrogens is 619 g/mol. The van der Waals surface area contributed by atoms with Gasteiger partial charge in [-0.2, -0.15) is 0 Å². The first kappa shape index (κ1) is 34.4. The van der Waals surface area contributed by atoms with Crippen LogP contribution in [0.5, 0.6) is 17.0 Å². The molecule has 2 heterocycles. The van der Waals surface area contributed by atoms with Gasteiger partial charge in [0.1, 0.15) is 39.8 Å². The summed E-state index contributed by atoms with van der Waals surface area (Å²) in [5, 5.41) is 12.1. The SMILES string of the molecule is C=C(Oc1c(C)c(C)c(C(=C)O)c(C)c1C)c1cc(C)c(OC(=C)c2cc(C)c3oc(-p4c(C)cc(=O)cc4OC)cc3c2C)cc1C. The van der Waals surface area contributed by atoms with E-state index < -0.39 is 7.53 Å². The van der Waals surface area contributed by atoms with E-state index in [1.165, 1.54) is 0 Å². The summed E-state index contributed by atoms with van der Waals surface area (Å²) in [5.74, 6) is 2.52. The minimum absolute atomic E-state index is 0.0505. The van der Waals surface area contributed by atoms with Gasteiger partial charge in [0.05, 0.1) is 7.11 Å². The van der Waals surface area contributed by atoms with E-state index >= 15 is 0 Å². The summed E-state index contributed by atoms with van der Waals surface area (Å²) >= 11 is 0. The molecule has 0 saturated carbocycles. The van der Waals surface area contributed by atoms with E-state index in [2.05, 4.69) is 25.8 Å². The van der Waals surface area contributed by atoms with Crippen LogP contribution < -0.4 is 19.6 Å². The van der Waals surface area contributed by atoms with Crippen molar-refractivity contribution in [1.82, 2.24) is 0 Å². The van der Waals surface area contributed by atoms with Gasteiger partial charge in [-0.1, -0.05) is 19.7 Å². The molecule has 0 aliphatic carbocycles. The zero-order valence-corrected chi connectivity index (χ0v) is 30.4. The van der Waals surface area contributed by atoms with Crippen LogP contribution in [0.1, 0.15) is 66.5 Å². The van der Waals surface area contributed by atoms with Gasteiger partial charge in [-0.3, -0.25) is 4.79 Å². The van der Waals surface area contributed by atoms with E-state index in [1.807, 2.05) is 80.5 Å². The zero-order valence-electron chi connectivity index (χ0n) is 29.5. The van der Waals surface area contributed by atoms with Crippen molar-refractivity contribution in [2.75, 3.05) is 7.11 Å². The van der Waals surface area contributed by atoms with Gasteiger partial charge in [0, 0.05) is 28.1 Å². The van der Waals surface area contributed by atoms with Crippen LogP contribution in [0.2, 0.25) is 0 Å². The lowest BCUT2D eigenvalue weighted by Crippen LogP contribution is -2.06. The molecule has 48 heavy (non-hydrogen) atoms. The molecule has 7 heteroatoms. The minimum Gasteiger partial charge on any atom is -0.508 e. The monoisotopic (exact) mass is 662 g/mol. The number of methoxy groups -OCH3 is 1. The molecule has 2 aromatic heterocycles. The van der Waals surface area contributed by atoms with Crippen LogP contribution >= 0.6 is 7.53 Å². The van der Waals surface area contributed by atoms with Gasteiger partial charge in [-0.25, -0.2) is 0 Å². The maximum Gasteiger partial charge on any atom is 0.183 e. The second-order valence-corrected chi connectivity index (χ2v) is 14.8. The van der Waals surface area contributed by atoms with Gasteiger partial charge in [0.25, 0.3) is 0 Å². The maximum absolute atomic E-state index is 12.1. The highest BCUT2D eigenvalue weighted by molar-refractivity contribution is 7.59. The molecule has 5 rings (SSSR count). The van der Waals surface area contributed by atoms with Crippen LogP contribution in [0, 0.1) is 62.3 Å². The predicted molar refractivity (Wildman–Crippen MR) is 200 cm³/mol. The van der Waals surface area contributed by atoms with E-state index in [0.29, 0.717) is 22.7 Å². The van der Waals surface area contributed by atoms with Gasteiger partial charge in [0.2, 0.25) is 0 Å². The number of ether oxygens (including phenoxy) is 3. The number of benzene rings is 3. The van der Waals surface area contributed by atoms with E-state index in [4.69, 9.17) is 18.6 Å². The van der Waals surface area contributed by atoms with Crippen LogP contribution in [-0.4, -0.2) is 12.2 Å². The Labute approximate surface area is 283 Å². The topological polar surface area (TPSA) is 78.1 Å². The van der Waals surface area contributed by atoms with Crippen molar-refractivity contribution in [3.05, 3.63) is 133 Å². The van der Waals surface area contributed by atoms with Crippen LogP contribution in [-0.2, 0) is 0 Å². The van der Waals surface area contributed by atoms with Crippen LogP contribution in [0.25, 0.3) is 33.7 Å². The summed E-state index contributed by atoms with van der Waals surface area (Å²) in [4.78, 5) is 12.1. The average Bonchev–Trinajstić information content (AvgIpc) is 3.47. The minimum atomic E-state index is -1.07. The number of aliphatic hydroxyl groups is 1. The van der Waals surface area contributed by atoms with Crippen molar-refractivity contribution in [3.63, 3.8) is 0 Å². The lowest BCUT2D eigenvalue weighted by molar-refractivity contribution is 0.425. The van der Waals surface area contributed by atoms with Gasteiger partial charge in [-0.05, 0) is 150 Å². The number of hydrogen-bond donors (Lipinski definition) is 1. The van der Waals surface area contributed by atoms with E-state index in [-0.39, 0.29) is 11.2 Å². The van der Waals surface area contributed by atoms with Crippen molar-refractivity contribution in [2.24, 2.45) is 0 Å². The number of hydrogen-bond acceptors (Lipinski definition) is 6. The summed E-state index contributed by atoms with van der Waals surface area (Å²) < 4.78 is 24.9. The smallest absolute Gasteiger partial charge is 0.183 e. The van der Waals surface area contributed by atoms with Crippen molar-refractivity contribution in [1.29, 1.82) is 0 Å². The van der Waals surface area contributed by atoms with Crippen molar-refractivity contribution < 1.29 is 23.7 Å². The third kappa shape index (κ3) is 5.97. The Morgan fingerprint density at radius 2 is 1.31 bits per heavy atom. The molecule has 0 amide bonds. The molecule has 0 spiro atoms. The molecule has 0 saturated heterocycles. The lowest BCUT2D eigenvalue weighted by atomic mass is 9.92. The molecule has 1 N–H and O–H groups in total. The normalized spacial score (nSPS) is 11.5. The summed E-state index contributed by atoms with van der Waals surface area (Å²) in [7, 11) is 0.516. The first-order chi connectivity index (χ1) is 22.5. The van der Waals surface area contributed by atoms with Crippen molar-refractivity contribution in [3.8, 4) is 22.5 Å². The molecule has 1 unspecified atom stereocenters. The second-order valence-electron chi connectivity index (χ2n) is 12.5. The molecule has 6 nitrogen and oxygen atoms in total. The second kappa shape index (κ2) is 12.9. The molecule has 0 radical (unpaired) electrons. The number of fused-ring (bicyclic) bond motifs is 1. The molecule has 0 aliphatic rings. The number of rotatable bonds is 9. The fraction of sp³-hybridized carbons (Fsp3) is 0.244. The predicted octanol–water partition coefficient (Wildman–Crippen LogP) is 11.2. The highest BCUT2D eigenvalue weighted by Crippen LogP contribution is 2.53. The molecule has 3 aromatic carbocycles. The molecule has 1 atom stereocenters. The van der Waals surface area contributed by atoms with Gasteiger partial charge in [0.15, 0.2) is 10.9 Å². The first-order valence-electron chi connectivity index (χ1n) is 15.7. The summed E-state index contributed by atoms with van der Waals surface area (Å²) in [6.07, 6.45) is 0. The number of aryl methyl sites for hydroxylation is 5. The van der Waals surface area contributed by atoms with E-state index in [1.54, 1.807) is 19.2 Å². The molecular formula is C41H43O6P. The fourth-order valence-corrected chi connectivity index (χ4v) is 8.47. The molecule has 5 aromatic rings. The Morgan fingerprint density at radius 1 is 0.708 bits per heavy atom. The highest BCUT2D eigenvalue weighted by atomic mass is 31.1. The Bertz CT molecular complexity index is 2220. The Hall–Kier alpha value is -4.93. The number of furan rings is 1. The van der Waals surface area contributed by atoms with Crippen LogP contribution in [0.4, 0.5) is 0 Å². The highest BCUT2D eigenvalue weighted by Gasteiger charge is 2.22. The summed E-state index contributed by atoms with van der Waals surface area (Å²) in [5.41, 5.74) is 12.1. The van der Waals surface area contributed by atoms with Crippen LogP contribution in [0.15, 0.2) is 65.3 Å². The fourth-order valence-electron chi connectivity index (χ4n) is 6.42. The molecule has 0 bridgehead atoms. The summed E-state index contributed by atoms with van der Waals surface area (Å²) in [6, 6.07) is 11.3. The van der Waals surface area contributed by atoms with E-state index in [0.717, 1.165) is 88.7 Å². The maximum atomic E-state index is 12.1. The molecule has 248 valence electrons. The van der Waals surface area contributed by atoms with Gasteiger partial charge in [-0.15, -0.1) is 0 Å². The Balaban J connectivity index is 1.45. The lowest BCUT2D eigenvalue weighted by Gasteiger charge is -2.22. The molecule has 0 fully saturated rings. The largest absolute Gasteiger partial charge is 0.508 e. The van der Waals surface area contributed by atoms with Gasteiger partial charge < -0.3 is 23.7 Å². The summed E-state index contributed by atoms with van der Waals surface area (Å²) in [6.45, 7) is 30.2. The first-order valence-corrected chi connectivity index (χ1v) is 17.1.